The molecule has 0 unspecified atom stereocenters. The molecule has 2 heterocycles. The zero-order valence-electron chi connectivity index (χ0n) is 18.2. The van der Waals surface area contributed by atoms with Crippen molar-refractivity contribution in [3.05, 3.63) is 41.1 Å². The fourth-order valence-electron chi connectivity index (χ4n) is 3.49. The molecular weight excluding hydrogens is 409 g/mol. The number of rotatable bonds is 7. The van der Waals surface area contributed by atoms with E-state index in [-0.39, 0.29) is 30.2 Å². The topological polar surface area (TPSA) is 70.5 Å². The third-order valence-corrected chi connectivity index (χ3v) is 5.39. The summed E-state index contributed by atoms with van der Waals surface area (Å²) in [5, 5.41) is 12.9. The van der Waals surface area contributed by atoms with Gasteiger partial charge in [-0.25, -0.2) is 4.98 Å². The lowest BCUT2D eigenvalue weighted by Gasteiger charge is -2.31. The van der Waals surface area contributed by atoms with E-state index in [1.165, 1.54) is 12.1 Å². The molecule has 0 radical (unpaired) electrons. The van der Waals surface area contributed by atoms with Crippen LogP contribution in [0.25, 0.3) is 0 Å². The van der Waals surface area contributed by atoms with Crippen LogP contribution < -0.4 is 15.0 Å². The third kappa shape index (κ3) is 6.00. The number of alkyl halides is 3. The maximum Gasteiger partial charge on any atom is 0.573 e. The van der Waals surface area contributed by atoms with E-state index in [9.17, 15) is 18.3 Å². The predicted octanol–water partition coefficient (Wildman–Crippen LogP) is 4.49. The number of aromatic nitrogens is 2. The second kappa shape index (κ2) is 9.30. The number of aliphatic hydroxyl groups is 1. The Kier molecular flexibility index (Phi) is 6.93. The molecule has 2 aromatic rings. The molecule has 0 bridgehead atoms. The maximum atomic E-state index is 12.5. The van der Waals surface area contributed by atoms with Crippen molar-refractivity contribution in [2.45, 2.75) is 59.0 Å². The van der Waals surface area contributed by atoms with E-state index < -0.39 is 6.36 Å². The van der Waals surface area contributed by atoms with Crippen LogP contribution in [0.3, 0.4) is 0 Å². The Bertz CT molecular complexity index is 903. The monoisotopic (exact) mass is 438 g/mol. The third-order valence-electron chi connectivity index (χ3n) is 5.39. The number of fused-ring (bicyclic) bond motifs is 1. The van der Waals surface area contributed by atoms with Crippen molar-refractivity contribution in [3.8, 4) is 5.75 Å². The minimum absolute atomic E-state index is 0.0261. The summed E-state index contributed by atoms with van der Waals surface area (Å²) in [7, 11) is 0. The summed E-state index contributed by atoms with van der Waals surface area (Å²) < 4.78 is 41.5. The Hall–Kier alpha value is -2.55. The molecular formula is C22H29F3N4O2. The van der Waals surface area contributed by atoms with E-state index in [0.717, 1.165) is 22.6 Å². The summed E-state index contributed by atoms with van der Waals surface area (Å²) in [6, 6.07) is 6.26. The Balaban J connectivity index is 1.84. The van der Waals surface area contributed by atoms with Crippen molar-refractivity contribution in [3.63, 3.8) is 0 Å². The van der Waals surface area contributed by atoms with Gasteiger partial charge < -0.3 is 20.1 Å². The summed E-state index contributed by atoms with van der Waals surface area (Å²) in [5.41, 5.74) is 2.66. The van der Waals surface area contributed by atoms with Crippen LogP contribution in [-0.4, -0.2) is 40.6 Å². The van der Waals surface area contributed by atoms with Crippen molar-refractivity contribution in [2.24, 2.45) is 5.92 Å². The average Bonchev–Trinajstić information content (AvgIpc) is 2.69. The molecule has 6 nitrogen and oxygen atoms in total. The van der Waals surface area contributed by atoms with Gasteiger partial charge in [0.25, 0.3) is 0 Å². The summed E-state index contributed by atoms with van der Waals surface area (Å²) in [6.45, 7) is 9.25. The molecule has 2 N–H and O–H groups in total. The number of nitrogens with one attached hydrogen (secondary N) is 1. The predicted molar refractivity (Wildman–Crippen MR) is 113 cm³/mol. The maximum absolute atomic E-state index is 12.5. The lowest BCUT2D eigenvalue weighted by Crippen LogP contribution is -2.33. The fourth-order valence-corrected chi connectivity index (χ4v) is 3.49. The summed E-state index contributed by atoms with van der Waals surface area (Å²) in [4.78, 5) is 11.4. The molecule has 1 aliphatic heterocycles. The number of ether oxygens (including phenoxy) is 1. The van der Waals surface area contributed by atoms with E-state index in [2.05, 4.69) is 38.8 Å². The molecule has 0 saturated heterocycles. The van der Waals surface area contributed by atoms with Gasteiger partial charge in [-0.1, -0.05) is 33.8 Å². The first-order valence-electron chi connectivity index (χ1n) is 10.4. The molecule has 0 amide bonds. The zero-order valence-corrected chi connectivity index (χ0v) is 18.2. The molecule has 1 aromatic carbocycles. The first-order valence-corrected chi connectivity index (χ1v) is 10.4. The molecule has 1 atom stereocenters. The molecule has 31 heavy (non-hydrogen) atoms. The Morgan fingerprint density at radius 2 is 1.87 bits per heavy atom. The highest BCUT2D eigenvalue weighted by atomic mass is 19.4. The van der Waals surface area contributed by atoms with Gasteiger partial charge >= 0.3 is 6.36 Å². The lowest BCUT2D eigenvalue weighted by molar-refractivity contribution is -0.274. The number of aliphatic hydroxyl groups excluding tert-OH is 1. The average molecular weight is 438 g/mol. The molecule has 0 spiro atoms. The molecule has 0 aliphatic carbocycles. The van der Waals surface area contributed by atoms with Crippen molar-refractivity contribution < 1.29 is 23.0 Å². The highest BCUT2D eigenvalue weighted by Gasteiger charge is 2.31. The molecule has 1 aliphatic rings. The minimum atomic E-state index is -4.70. The second-order valence-electron chi connectivity index (χ2n) is 8.46. The van der Waals surface area contributed by atoms with Crippen molar-refractivity contribution >= 4 is 11.8 Å². The van der Waals surface area contributed by atoms with Gasteiger partial charge in [-0.05, 0) is 41.5 Å². The first-order chi connectivity index (χ1) is 14.6. The number of benzene rings is 1. The van der Waals surface area contributed by atoms with E-state index in [1.807, 2.05) is 19.9 Å². The van der Waals surface area contributed by atoms with Gasteiger partial charge in [0.1, 0.15) is 11.6 Å². The summed E-state index contributed by atoms with van der Waals surface area (Å²) in [5.74, 6) is 1.42. The van der Waals surface area contributed by atoms with Gasteiger partial charge in [-0.15, -0.1) is 13.2 Å². The summed E-state index contributed by atoms with van der Waals surface area (Å²) >= 11 is 0. The normalized spacial score (nSPS) is 15.2. The van der Waals surface area contributed by atoms with E-state index in [0.29, 0.717) is 25.5 Å². The molecule has 0 saturated carbocycles. The van der Waals surface area contributed by atoms with Crippen molar-refractivity contribution in [1.29, 1.82) is 0 Å². The van der Waals surface area contributed by atoms with Crippen molar-refractivity contribution in [2.75, 3.05) is 23.4 Å². The van der Waals surface area contributed by atoms with Crippen LogP contribution >= 0.6 is 0 Å². The van der Waals surface area contributed by atoms with Crippen molar-refractivity contribution in [1.82, 2.24) is 9.97 Å². The fraction of sp³-hybridized carbons (Fsp3) is 0.545. The Morgan fingerprint density at radius 3 is 2.48 bits per heavy atom. The molecule has 3 rings (SSSR count). The molecule has 9 heteroatoms. The number of hydrogen-bond acceptors (Lipinski definition) is 6. The van der Waals surface area contributed by atoms with Gasteiger partial charge in [0.15, 0.2) is 0 Å². The number of halogens is 3. The van der Waals surface area contributed by atoms with Crippen LogP contribution in [0, 0.1) is 5.92 Å². The van der Waals surface area contributed by atoms with Crippen LogP contribution in [0.4, 0.5) is 24.9 Å². The molecule has 1 aromatic heterocycles. The van der Waals surface area contributed by atoms with E-state index >= 15 is 0 Å². The lowest BCUT2D eigenvalue weighted by atomic mass is 9.99. The molecule has 0 fully saturated rings. The minimum Gasteiger partial charge on any atom is -0.406 e. The Labute approximate surface area is 180 Å². The molecule has 170 valence electrons. The smallest absolute Gasteiger partial charge is 0.406 e. The van der Waals surface area contributed by atoms with E-state index in [1.54, 1.807) is 6.07 Å². The highest BCUT2D eigenvalue weighted by molar-refractivity contribution is 5.50. The van der Waals surface area contributed by atoms with Crippen LogP contribution in [-0.2, 0) is 13.0 Å². The van der Waals surface area contributed by atoms with Gasteiger partial charge in [0.2, 0.25) is 5.95 Å². The number of anilines is 2. The number of hydrogen-bond donors (Lipinski definition) is 2. The van der Waals surface area contributed by atoms with E-state index in [4.69, 9.17) is 0 Å². The largest absolute Gasteiger partial charge is 0.573 e. The van der Waals surface area contributed by atoms with Gasteiger partial charge in [-0.3, -0.25) is 0 Å². The second-order valence-corrected chi connectivity index (χ2v) is 8.46. The van der Waals surface area contributed by atoms with Crippen LogP contribution in [0.2, 0.25) is 0 Å². The quantitative estimate of drug-likeness (QED) is 0.664. The highest BCUT2D eigenvalue weighted by Crippen LogP contribution is 2.30. The van der Waals surface area contributed by atoms with Crippen LogP contribution in [0.5, 0.6) is 5.75 Å². The van der Waals surface area contributed by atoms with Gasteiger partial charge in [0.05, 0.1) is 18.3 Å². The standard InChI is InChI=1S/C22H29F3N4O2/c1-13(2)18-10-20(28-21(26-18)27-19(12-30)14(3)4)29-8-7-15-9-17(31-22(23,24)25)6-5-16(15)11-29/h5-6,9-10,13-14,19,30H,7-8,11-12H2,1-4H3,(H,26,27,28)/t19-/m1/s1. The summed E-state index contributed by atoms with van der Waals surface area (Å²) in [6.07, 6.45) is -4.12. The zero-order chi connectivity index (χ0) is 22.8. The Morgan fingerprint density at radius 1 is 1.13 bits per heavy atom. The van der Waals surface area contributed by atoms with Gasteiger partial charge in [0, 0.05) is 19.2 Å². The van der Waals surface area contributed by atoms with Crippen LogP contribution in [0.15, 0.2) is 24.3 Å². The SMILES string of the molecule is CC(C)c1cc(N2CCc3cc(OC(F)(F)F)ccc3C2)nc(N[C@H](CO)C(C)C)n1. The first kappa shape index (κ1) is 23.1. The van der Waals surface area contributed by atoms with Gasteiger partial charge in [-0.2, -0.15) is 4.98 Å². The number of nitrogens with zero attached hydrogens (tertiary/aromatic N) is 3. The van der Waals surface area contributed by atoms with Crippen LogP contribution in [0.1, 0.15) is 50.4 Å².